The van der Waals surface area contributed by atoms with Crippen molar-refractivity contribution in [1.29, 1.82) is 0 Å². The van der Waals surface area contributed by atoms with E-state index in [2.05, 4.69) is 111 Å². The Morgan fingerprint density at radius 3 is 2.54 bits per heavy atom. The standard InChI is InChI=1S/C41H34N2O.C2H6/c1-20-15-23-18-32-35(29(23)16-20)22(3)28-19-30-26-13-14-31(41(4,5)6)27-11-8-12-34(36(26)27)44-40(30)38-37-25-10-7-9-24(25)21(2)17-33(37)43(42-32)39(28)38;1-2/h8-14,17-20,29,42H,3,15-16H2,1-2,4-6H3;1-2H3. The summed E-state index contributed by atoms with van der Waals surface area (Å²) >= 11 is 0. The van der Waals surface area contributed by atoms with E-state index >= 15 is 0 Å². The van der Waals surface area contributed by atoms with Gasteiger partial charge in [0, 0.05) is 33.0 Å². The lowest BCUT2D eigenvalue weighted by atomic mass is 9.82. The summed E-state index contributed by atoms with van der Waals surface area (Å²) in [4.78, 5) is 0. The van der Waals surface area contributed by atoms with Gasteiger partial charge >= 0.3 is 0 Å². The number of rotatable bonds is 0. The number of nitrogens with one attached hydrogen (secondary N) is 1. The van der Waals surface area contributed by atoms with Crippen LogP contribution in [0.4, 0.5) is 0 Å². The van der Waals surface area contributed by atoms with E-state index in [9.17, 15) is 0 Å². The molecule has 2 atom stereocenters. The lowest BCUT2D eigenvalue weighted by molar-refractivity contribution is 0.595. The van der Waals surface area contributed by atoms with Crippen LogP contribution in [0.3, 0.4) is 0 Å². The molecule has 10 rings (SSSR count). The number of aryl methyl sites for hydroxylation is 1. The second-order valence-corrected chi connectivity index (χ2v) is 14.7. The number of hydrogen-bond acceptors (Lipinski definition) is 1. The number of H-pyrrole nitrogens is 1. The average molecular weight is 601 g/mol. The Kier molecular flexibility index (Phi) is 5.50. The second-order valence-electron chi connectivity index (χ2n) is 14.7. The highest BCUT2D eigenvalue weighted by Crippen LogP contribution is 2.49. The van der Waals surface area contributed by atoms with E-state index in [0.717, 1.165) is 39.1 Å². The molecule has 3 heterocycles. The van der Waals surface area contributed by atoms with Crippen LogP contribution in [-0.4, -0.2) is 9.61 Å². The predicted molar refractivity (Wildman–Crippen MR) is 197 cm³/mol. The van der Waals surface area contributed by atoms with Crippen molar-refractivity contribution in [3.63, 3.8) is 0 Å². The van der Waals surface area contributed by atoms with Crippen LogP contribution in [0.2, 0.25) is 0 Å². The lowest BCUT2D eigenvalue weighted by Crippen LogP contribution is -2.11. The van der Waals surface area contributed by atoms with Crippen molar-refractivity contribution < 1.29 is 4.42 Å². The van der Waals surface area contributed by atoms with Gasteiger partial charge in [0.05, 0.1) is 22.1 Å². The molecule has 228 valence electrons. The third-order valence-electron chi connectivity index (χ3n) is 10.8. The summed E-state index contributed by atoms with van der Waals surface area (Å²) in [5.74, 6) is 1.14. The van der Waals surface area contributed by atoms with Gasteiger partial charge in [0.2, 0.25) is 0 Å². The molecule has 3 nitrogen and oxygen atoms in total. The molecule has 0 aliphatic heterocycles. The fourth-order valence-corrected chi connectivity index (χ4v) is 8.99. The Labute approximate surface area is 269 Å². The largest absolute Gasteiger partial charge is 0.455 e. The van der Waals surface area contributed by atoms with Crippen molar-refractivity contribution >= 4 is 84.7 Å². The van der Waals surface area contributed by atoms with Gasteiger partial charge in [-0.2, -0.15) is 0 Å². The Morgan fingerprint density at radius 1 is 0.935 bits per heavy atom. The second kappa shape index (κ2) is 9.18. The number of hydrogen-bond donors (Lipinski definition) is 1. The smallest absolute Gasteiger partial charge is 0.145 e. The number of aromatic amines is 1. The molecular formula is C43H40N2O. The average Bonchev–Trinajstić information content (AvgIpc) is 3.78. The van der Waals surface area contributed by atoms with Crippen LogP contribution < -0.4 is 5.22 Å². The molecule has 1 saturated carbocycles. The van der Waals surface area contributed by atoms with Crippen molar-refractivity contribution in [3.8, 4) is 0 Å². The molecule has 3 heteroatoms. The lowest BCUT2D eigenvalue weighted by Gasteiger charge is -2.22. The first kappa shape index (κ1) is 27.6. The first-order chi connectivity index (χ1) is 22.2. The molecule has 3 aromatic heterocycles. The quantitative estimate of drug-likeness (QED) is 0.105. The highest BCUT2D eigenvalue weighted by atomic mass is 16.3. The molecule has 7 aromatic rings. The molecule has 0 radical (unpaired) electrons. The van der Waals surface area contributed by atoms with Gasteiger partial charge in [-0.3, -0.25) is 9.61 Å². The molecule has 3 aliphatic rings. The molecule has 0 saturated heterocycles. The Balaban J connectivity index is 0.00000143. The van der Waals surface area contributed by atoms with Crippen molar-refractivity contribution in [2.75, 3.05) is 0 Å². The summed E-state index contributed by atoms with van der Waals surface area (Å²) in [5, 5.41) is 13.5. The summed E-state index contributed by atoms with van der Waals surface area (Å²) in [6.07, 6.45) is 9.04. The minimum Gasteiger partial charge on any atom is -0.455 e. The Morgan fingerprint density at radius 2 is 1.74 bits per heavy atom. The van der Waals surface area contributed by atoms with E-state index in [1.807, 2.05) is 13.8 Å². The van der Waals surface area contributed by atoms with E-state index in [0.29, 0.717) is 11.8 Å². The van der Waals surface area contributed by atoms with Gasteiger partial charge in [-0.1, -0.05) is 78.0 Å². The molecule has 1 fully saturated rings. The summed E-state index contributed by atoms with van der Waals surface area (Å²) in [7, 11) is 0. The summed E-state index contributed by atoms with van der Waals surface area (Å²) in [6, 6.07) is 15.9. The van der Waals surface area contributed by atoms with Crippen LogP contribution in [0.5, 0.6) is 0 Å². The zero-order valence-corrected chi connectivity index (χ0v) is 27.9. The van der Waals surface area contributed by atoms with Gasteiger partial charge in [-0.25, -0.2) is 0 Å². The summed E-state index contributed by atoms with van der Waals surface area (Å²) in [5.41, 5.74) is 16.8. The van der Waals surface area contributed by atoms with E-state index in [1.165, 1.54) is 72.4 Å². The topological polar surface area (TPSA) is 33.3 Å². The van der Waals surface area contributed by atoms with Crippen LogP contribution in [0.1, 0.15) is 93.8 Å². The van der Waals surface area contributed by atoms with Gasteiger partial charge in [-0.05, 0) is 106 Å². The molecule has 0 spiro atoms. The predicted octanol–water partition coefficient (Wildman–Crippen LogP) is 11.5. The van der Waals surface area contributed by atoms with Crippen LogP contribution in [0, 0.1) is 12.8 Å². The molecule has 0 bridgehead atoms. The van der Waals surface area contributed by atoms with Crippen LogP contribution in [0.15, 0.2) is 58.2 Å². The van der Waals surface area contributed by atoms with Crippen molar-refractivity contribution in [2.45, 2.75) is 72.6 Å². The minimum atomic E-state index is 0.0187. The maximum Gasteiger partial charge on any atom is 0.145 e. The fourth-order valence-electron chi connectivity index (χ4n) is 8.99. The highest BCUT2D eigenvalue weighted by Gasteiger charge is 2.35. The first-order valence-corrected chi connectivity index (χ1v) is 17.0. The number of fused-ring (bicyclic) bond motifs is 11. The normalized spacial score (nSPS) is 18.3. The molecule has 1 N–H and O–H groups in total. The third-order valence-corrected chi connectivity index (χ3v) is 10.8. The zero-order valence-electron chi connectivity index (χ0n) is 27.9. The van der Waals surface area contributed by atoms with Gasteiger partial charge in [-0.15, -0.1) is 5.73 Å². The maximum absolute atomic E-state index is 7.08. The Bertz CT molecular complexity index is 2670. The minimum absolute atomic E-state index is 0.0187. The van der Waals surface area contributed by atoms with Gasteiger partial charge in [0.15, 0.2) is 0 Å². The van der Waals surface area contributed by atoms with Gasteiger partial charge in [0.25, 0.3) is 0 Å². The van der Waals surface area contributed by atoms with E-state index < -0.39 is 0 Å². The number of aromatic nitrogens is 2. The number of allylic oxidation sites excluding steroid dienone is 1. The van der Waals surface area contributed by atoms with Crippen LogP contribution >= 0.6 is 0 Å². The maximum atomic E-state index is 7.08. The first-order valence-electron chi connectivity index (χ1n) is 17.0. The van der Waals surface area contributed by atoms with Crippen molar-refractivity contribution in [2.24, 2.45) is 5.92 Å². The van der Waals surface area contributed by atoms with E-state index in [4.69, 9.17) is 11.0 Å². The number of nitrogens with zero attached hydrogens (tertiary/aromatic N) is 1. The monoisotopic (exact) mass is 600 g/mol. The highest BCUT2D eigenvalue weighted by molar-refractivity contribution is 6.31. The molecule has 0 amide bonds. The van der Waals surface area contributed by atoms with Crippen molar-refractivity contribution in [1.82, 2.24) is 9.61 Å². The fraction of sp³-hybridized carbons (Fsp3) is 0.279. The van der Waals surface area contributed by atoms with Crippen LogP contribution in [0.25, 0.3) is 84.7 Å². The summed E-state index contributed by atoms with van der Waals surface area (Å²) < 4.78 is 9.41. The van der Waals surface area contributed by atoms with Gasteiger partial charge in [0.1, 0.15) is 11.2 Å². The molecule has 46 heavy (non-hydrogen) atoms. The molecule has 2 unspecified atom stereocenters. The molecule has 4 aromatic carbocycles. The summed E-state index contributed by atoms with van der Waals surface area (Å²) in [6.45, 7) is 20.3. The molecular weight excluding hydrogens is 560 g/mol. The zero-order chi connectivity index (χ0) is 31.8. The SMILES string of the molecule is C=c1c2c([nH]n3c4cc(C)c5c(c4c4c6oc7cccc8c(C(C)(C)C)ccc(c6cc1c43)c78)C=C=C5)C=C1CC(C)CC12.CC. The number of benzene rings is 4. The third kappa shape index (κ3) is 3.39. The van der Waals surface area contributed by atoms with Crippen molar-refractivity contribution in [3.05, 3.63) is 92.5 Å². The Hall–Kier alpha value is -4.72. The van der Waals surface area contributed by atoms with Crippen LogP contribution in [-0.2, 0) is 5.41 Å². The van der Waals surface area contributed by atoms with E-state index in [-0.39, 0.29) is 5.41 Å². The van der Waals surface area contributed by atoms with Gasteiger partial charge < -0.3 is 4.42 Å². The molecule has 3 aliphatic carbocycles. The van der Waals surface area contributed by atoms with E-state index in [1.54, 1.807) is 5.57 Å².